The van der Waals surface area contributed by atoms with Crippen molar-refractivity contribution >= 4 is 5.97 Å². The second kappa shape index (κ2) is 11.7. The van der Waals surface area contributed by atoms with Crippen LogP contribution in [0.5, 0.6) is 0 Å². The number of carbonyl (C=O) groups is 1. The molecule has 0 amide bonds. The number of likely N-dealkylation sites (N-methyl/N-ethyl adjacent to an activating group) is 1. The molecule has 0 radical (unpaired) electrons. The van der Waals surface area contributed by atoms with Crippen LogP contribution in [0.1, 0.15) is 0 Å². The minimum atomic E-state index is -1.72. The van der Waals surface area contributed by atoms with Crippen LogP contribution in [0, 0.1) is 0 Å². The number of quaternary nitrogens is 1. The number of nitrogens with zero attached hydrogens (tertiary/aromatic N) is 1. The van der Waals surface area contributed by atoms with E-state index in [-0.39, 0.29) is 6.54 Å². The van der Waals surface area contributed by atoms with Crippen LogP contribution in [0.2, 0.25) is 0 Å². The first-order chi connectivity index (χ1) is 14.2. The van der Waals surface area contributed by atoms with Crippen LogP contribution in [0.4, 0.5) is 0 Å². The van der Waals surface area contributed by atoms with Gasteiger partial charge < -0.3 is 69.4 Å². The molecule has 184 valence electrons. The zero-order chi connectivity index (χ0) is 24.1. The van der Waals surface area contributed by atoms with Gasteiger partial charge in [-0.15, -0.1) is 0 Å². The van der Waals surface area contributed by atoms with Gasteiger partial charge in [0, 0.05) is 0 Å². The van der Waals surface area contributed by atoms with Crippen LogP contribution < -0.4 is 5.11 Å². The summed E-state index contributed by atoms with van der Waals surface area (Å²) in [6, 6.07) is 0. The Balaban J connectivity index is 0.000000512. The molecular formula is C17H33NO13. The molecule has 0 spiro atoms. The number of carboxylic acids is 1. The smallest absolute Gasteiger partial charge is 0.189 e. The minimum absolute atomic E-state index is 0.0694. The SMILES string of the molecule is C[N+](C)(C)CC(=O)[O-].OC[C@H]1O[C@H](O[C@H]2O[C@H](CO)[C@@H](O)[C@H](O)[C@H]2O)[C@H](O)[C@@H](O)[C@@H]1O. The molecule has 0 aliphatic carbocycles. The fraction of sp³-hybridized carbons (Fsp3) is 0.941. The van der Waals surface area contributed by atoms with E-state index in [0.717, 1.165) is 0 Å². The van der Waals surface area contributed by atoms with Crippen LogP contribution in [-0.4, -0.2) is 154 Å². The third-order valence-electron chi connectivity index (χ3n) is 4.57. The lowest BCUT2D eigenvalue weighted by Crippen LogP contribution is -2.63. The number of carbonyl (C=O) groups excluding carboxylic acids is 1. The molecule has 31 heavy (non-hydrogen) atoms. The maximum atomic E-state index is 9.89. The Morgan fingerprint density at radius 3 is 1.35 bits per heavy atom. The third-order valence-corrected chi connectivity index (χ3v) is 4.57. The molecule has 0 aromatic carbocycles. The quantitative estimate of drug-likeness (QED) is 0.173. The summed E-state index contributed by atoms with van der Waals surface area (Å²) >= 11 is 0. The molecule has 2 aliphatic heterocycles. The molecule has 2 rings (SSSR count). The first-order valence-electron chi connectivity index (χ1n) is 9.50. The van der Waals surface area contributed by atoms with Crippen LogP contribution in [0.3, 0.4) is 0 Å². The number of ether oxygens (including phenoxy) is 3. The topological polar surface area (TPSA) is 230 Å². The van der Waals surface area contributed by atoms with Gasteiger partial charge in [0.25, 0.3) is 0 Å². The zero-order valence-corrected chi connectivity index (χ0v) is 17.5. The highest BCUT2D eigenvalue weighted by Gasteiger charge is 2.49. The maximum absolute atomic E-state index is 9.89. The molecule has 2 aliphatic rings. The number of aliphatic carboxylic acids is 1. The summed E-state index contributed by atoms with van der Waals surface area (Å²) in [4.78, 5) is 9.89. The first-order valence-corrected chi connectivity index (χ1v) is 9.50. The maximum Gasteiger partial charge on any atom is 0.189 e. The molecule has 10 atom stereocenters. The van der Waals surface area contributed by atoms with Crippen molar-refractivity contribution in [1.82, 2.24) is 0 Å². The lowest BCUT2D eigenvalue weighted by molar-refractivity contribution is -0.864. The zero-order valence-electron chi connectivity index (χ0n) is 17.5. The second-order valence-electron chi connectivity index (χ2n) is 8.35. The summed E-state index contributed by atoms with van der Waals surface area (Å²) in [5.41, 5.74) is 0. The molecule has 0 aromatic rings. The van der Waals surface area contributed by atoms with Crippen molar-refractivity contribution < 1.29 is 69.4 Å². The third kappa shape index (κ3) is 7.81. The Bertz CT molecular complexity index is 521. The molecular weight excluding hydrogens is 426 g/mol. The predicted octanol–water partition coefficient (Wildman–Crippen LogP) is -6.95. The second-order valence-corrected chi connectivity index (χ2v) is 8.35. The van der Waals surface area contributed by atoms with E-state index in [1.807, 2.05) is 0 Å². The Morgan fingerprint density at radius 2 is 1.13 bits per heavy atom. The van der Waals surface area contributed by atoms with Gasteiger partial charge in [-0.1, -0.05) is 0 Å². The van der Waals surface area contributed by atoms with E-state index in [9.17, 15) is 40.5 Å². The Labute approximate surface area is 178 Å². The molecule has 0 aromatic heterocycles. The van der Waals surface area contributed by atoms with E-state index in [0.29, 0.717) is 4.48 Å². The summed E-state index contributed by atoms with van der Waals surface area (Å²) in [7, 11) is 5.40. The highest BCUT2D eigenvalue weighted by molar-refractivity contribution is 5.65. The van der Waals surface area contributed by atoms with Crippen molar-refractivity contribution in [2.45, 2.75) is 61.4 Å². The lowest BCUT2D eigenvalue weighted by Gasteiger charge is -2.44. The van der Waals surface area contributed by atoms with Gasteiger partial charge in [0.1, 0.15) is 55.4 Å². The normalized spacial score (nSPS) is 41.3. The summed E-state index contributed by atoms with van der Waals surface area (Å²) in [6.45, 7) is -1.26. The van der Waals surface area contributed by atoms with Crippen molar-refractivity contribution in [1.29, 1.82) is 0 Å². The summed E-state index contributed by atoms with van der Waals surface area (Å²) in [5, 5.41) is 86.3. The molecule has 8 N–H and O–H groups in total. The molecule has 14 nitrogen and oxygen atoms in total. The predicted molar refractivity (Wildman–Crippen MR) is 96.5 cm³/mol. The van der Waals surface area contributed by atoms with E-state index in [1.165, 1.54) is 0 Å². The van der Waals surface area contributed by atoms with Gasteiger partial charge in [0.05, 0.1) is 40.3 Å². The monoisotopic (exact) mass is 459 g/mol. The van der Waals surface area contributed by atoms with Crippen molar-refractivity contribution in [3.8, 4) is 0 Å². The Morgan fingerprint density at radius 1 is 0.774 bits per heavy atom. The molecule has 0 saturated carbocycles. The van der Waals surface area contributed by atoms with E-state index in [1.54, 1.807) is 21.1 Å². The molecule has 14 heteroatoms. The molecule has 2 heterocycles. The van der Waals surface area contributed by atoms with Gasteiger partial charge in [0.2, 0.25) is 0 Å². The lowest BCUT2D eigenvalue weighted by atomic mass is 9.98. The summed E-state index contributed by atoms with van der Waals surface area (Å²) in [5.74, 6) is -1.00. The van der Waals surface area contributed by atoms with Gasteiger partial charge in [-0.3, -0.25) is 0 Å². The van der Waals surface area contributed by atoms with Gasteiger partial charge >= 0.3 is 0 Å². The van der Waals surface area contributed by atoms with Gasteiger partial charge in [-0.05, 0) is 0 Å². The number of rotatable bonds is 6. The van der Waals surface area contributed by atoms with E-state index in [2.05, 4.69) is 0 Å². The first kappa shape index (κ1) is 28.0. The highest BCUT2D eigenvalue weighted by Crippen LogP contribution is 2.27. The largest absolute Gasteiger partial charge is 0.544 e. The highest BCUT2D eigenvalue weighted by atomic mass is 16.8. The van der Waals surface area contributed by atoms with Crippen molar-refractivity contribution in [2.24, 2.45) is 0 Å². The Kier molecular flexibility index (Phi) is 10.6. The number of hydrogen-bond acceptors (Lipinski definition) is 13. The summed E-state index contributed by atoms with van der Waals surface area (Å²) < 4.78 is 15.7. The van der Waals surface area contributed by atoms with Gasteiger partial charge in [-0.2, -0.15) is 0 Å². The van der Waals surface area contributed by atoms with Crippen molar-refractivity contribution in [3.63, 3.8) is 0 Å². The van der Waals surface area contributed by atoms with Crippen LogP contribution >= 0.6 is 0 Å². The standard InChI is InChI=1S/C12H22O11.C5H11NO2/c13-1-3-5(15)7(17)9(19)11(21-3)23-12-10(20)8(18)6(16)4(2-14)22-12;1-6(2,3)4-5(7)8/h3-20H,1-2H2;4H2,1-3H3/t3-,4-,5-,6-,7+,8+,9-,10-,11-,12-;/m1./s1. The fourth-order valence-corrected chi connectivity index (χ4v) is 2.88. The van der Waals surface area contributed by atoms with Gasteiger partial charge in [0.15, 0.2) is 12.6 Å². The number of hydrogen-bond donors (Lipinski definition) is 8. The minimum Gasteiger partial charge on any atom is -0.544 e. The molecule has 0 bridgehead atoms. The number of carboxylic acid groups (broad SMARTS) is 1. The fourth-order valence-electron chi connectivity index (χ4n) is 2.88. The molecule has 2 fully saturated rings. The van der Waals surface area contributed by atoms with Crippen LogP contribution in [0.25, 0.3) is 0 Å². The van der Waals surface area contributed by atoms with Crippen molar-refractivity contribution in [3.05, 3.63) is 0 Å². The molecule has 2 saturated heterocycles. The summed E-state index contributed by atoms with van der Waals surface area (Å²) in [6.07, 6.45) is -15.6. The molecule has 0 unspecified atom stereocenters. The average molecular weight is 459 g/mol. The van der Waals surface area contributed by atoms with Gasteiger partial charge in [-0.25, -0.2) is 0 Å². The average Bonchev–Trinajstić information content (AvgIpc) is 2.67. The number of aliphatic hydroxyl groups excluding tert-OH is 8. The van der Waals surface area contributed by atoms with E-state index < -0.39 is 80.6 Å². The van der Waals surface area contributed by atoms with Crippen LogP contribution in [-0.2, 0) is 19.0 Å². The van der Waals surface area contributed by atoms with Crippen molar-refractivity contribution in [2.75, 3.05) is 40.9 Å². The number of aliphatic hydroxyl groups is 8. The van der Waals surface area contributed by atoms with E-state index >= 15 is 0 Å². The Hall–Kier alpha value is -1.01. The van der Waals surface area contributed by atoms with E-state index in [4.69, 9.17) is 24.4 Å². The van der Waals surface area contributed by atoms with Crippen LogP contribution in [0.15, 0.2) is 0 Å².